The summed E-state index contributed by atoms with van der Waals surface area (Å²) in [5, 5.41) is 29.5. The monoisotopic (exact) mass is 524 g/mol. The average molecular weight is 525 g/mol. The summed E-state index contributed by atoms with van der Waals surface area (Å²) in [4.78, 5) is 0. The van der Waals surface area contributed by atoms with E-state index < -0.39 is 5.85 Å². The number of hydrogen-bond acceptors (Lipinski definition) is 6. The van der Waals surface area contributed by atoms with Crippen LogP contribution in [0.1, 0.15) is 76.8 Å². The maximum atomic E-state index is 9.82. The Bertz CT molecular complexity index is 868. The third-order valence-electron chi connectivity index (χ3n) is 6.00. The number of aryl methyl sites for hydroxylation is 1. The molecule has 6 nitrogen and oxygen atoms in total. The molecule has 0 aromatic heterocycles. The van der Waals surface area contributed by atoms with Gasteiger partial charge in [-0.2, -0.15) is 0 Å². The number of phenolic OH excluding ortho intramolecular Hbond substituents is 2. The molecule has 2 atom stereocenters. The minimum Gasteiger partial charge on any atom is -0.504 e. The summed E-state index contributed by atoms with van der Waals surface area (Å²) in [7, 11) is 3.53. The molecule has 2 aromatic rings. The fraction of sp³-hybridized carbons (Fsp3) is 0.556. The summed E-state index contributed by atoms with van der Waals surface area (Å²) < 4.78 is 5.77. The second-order valence-electron chi connectivity index (χ2n) is 9.08. The largest absolute Gasteiger partial charge is 0.504 e. The number of phenols is 2. The predicted octanol–water partition coefficient (Wildman–Crippen LogP) is 4.93. The number of aliphatic hydroxyl groups is 1. The third kappa shape index (κ3) is 11.0. The van der Waals surface area contributed by atoms with Crippen molar-refractivity contribution in [2.24, 2.45) is 11.5 Å². The zero-order valence-electron chi connectivity index (χ0n) is 21.9. The van der Waals surface area contributed by atoms with Gasteiger partial charge in [0.15, 0.2) is 11.5 Å². The molecule has 0 radical (unpaired) electrons. The predicted molar refractivity (Wildman–Crippen MR) is 154 cm³/mol. The van der Waals surface area contributed by atoms with E-state index >= 15 is 0 Å². The molecule has 0 heterocycles. The van der Waals surface area contributed by atoms with Crippen molar-refractivity contribution in [2.45, 2.75) is 89.7 Å². The number of hydrogen-bond donors (Lipinski definition) is 5. The molecule has 198 valence electrons. The van der Waals surface area contributed by atoms with E-state index in [9.17, 15) is 15.3 Å². The fourth-order valence-corrected chi connectivity index (χ4v) is 4.06. The van der Waals surface area contributed by atoms with Crippen LogP contribution in [-0.4, -0.2) is 39.6 Å². The van der Waals surface area contributed by atoms with E-state index in [1.54, 1.807) is 6.07 Å². The van der Waals surface area contributed by atoms with Gasteiger partial charge in [0.2, 0.25) is 5.85 Å². The number of aromatic hydroxyl groups is 2. The van der Waals surface area contributed by atoms with Gasteiger partial charge >= 0.3 is 0 Å². The van der Waals surface area contributed by atoms with Crippen molar-refractivity contribution in [2.75, 3.05) is 6.66 Å². The van der Waals surface area contributed by atoms with Gasteiger partial charge in [-0.3, -0.25) is 11.5 Å². The van der Waals surface area contributed by atoms with E-state index in [1.807, 2.05) is 38.1 Å². The van der Waals surface area contributed by atoms with Crippen LogP contribution in [0.15, 0.2) is 36.4 Å². The lowest BCUT2D eigenvalue weighted by Gasteiger charge is -2.28. The maximum Gasteiger partial charge on any atom is 0.213 e. The maximum absolute atomic E-state index is 9.82. The van der Waals surface area contributed by atoms with Crippen LogP contribution >= 0.6 is 17.8 Å². The molecular weight excluding hydrogens is 478 g/mol. The molecule has 0 saturated heterocycles. The van der Waals surface area contributed by atoms with E-state index in [1.165, 1.54) is 11.6 Å². The van der Waals surface area contributed by atoms with Crippen molar-refractivity contribution in [3.8, 4) is 17.2 Å². The number of benzene rings is 2. The fourth-order valence-electron chi connectivity index (χ4n) is 3.67. The van der Waals surface area contributed by atoms with E-state index in [2.05, 4.69) is 29.8 Å². The molecule has 8 heteroatoms. The van der Waals surface area contributed by atoms with Crippen molar-refractivity contribution >= 4 is 23.1 Å². The number of nitrogens with two attached hydrogens (primary N) is 2. The Morgan fingerprint density at radius 1 is 1.03 bits per heavy atom. The Balaban J connectivity index is 0.000000779. The topological polar surface area (TPSA) is 122 Å². The number of aliphatic hydroxyl groups excluding tert-OH is 1. The number of ether oxygens (including phenoxy) is 1. The van der Waals surface area contributed by atoms with Crippen LogP contribution in [-0.2, 0) is 6.42 Å². The SMILES string of the molecule is CC.CPC(C)C.NC(N)(CCc1ccc(O)c(O)c1P)Oc1ccc(C2CCC(O)CC2)cc1. The Morgan fingerprint density at radius 2 is 1.57 bits per heavy atom. The second kappa shape index (κ2) is 15.6. The molecule has 1 aliphatic rings. The van der Waals surface area contributed by atoms with Gasteiger partial charge in [-0.1, -0.05) is 45.9 Å². The first-order chi connectivity index (χ1) is 16.5. The molecule has 0 amide bonds. The van der Waals surface area contributed by atoms with Crippen LogP contribution in [0.3, 0.4) is 0 Å². The molecule has 2 unspecified atom stereocenters. The van der Waals surface area contributed by atoms with Gasteiger partial charge in [0.05, 0.1) is 6.10 Å². The van der Waals surface area contributed by atoms with E-state index in [0.717, 1.165) is 45.5 Å². The highest BCUT2D eigenvalue weighted by Crippen LogP contribution is 2.34. The van der Waals surface area contributed by atoms with Gasteiger partial charge in [0.1, 0.15) is 5.75 Å². The Morgan fingerprint density at radius 3 is 2.09 bits per heavy atom. The van der Waals surface area contributed by atoms with Gasteiger partial charge < -0.3 is 20.1 Å². The minimum atomic E-state index is -1.36. The highest BCUT2D eigenvalue weighted by molar-refractivity contribution is 7.37. The van der Waals surface area contributed by atoms with Crippen LogP contribution < -0.4 is 21.5 Å². The molecule has 1 saturated carbocycles. The molecule has 1 aliphatic carbocycles. The highest BCUT2D eigenvalue weighted by Gasteiger charge is 2.24. The standard InChI is InChI=1S/C21H29N2O4P.C4H11P.C2H6/c22-21(23,12-11-15-5-10-18(25)19(26)20(15)28)27-17-8-3-14(4-9-17)13-1-6-16(24)7-2-13;1-4(2)5-3;1-2/h3-5,8-10,13,16,24-26H,1-2,6-7,11-12,22-23,28H2;4-5H,1-3H3;1-2H3. The summed E-state index contributed by atoms with van der Waals surface area (Å²) in [6.07, 6.45) is 4.35. The Hall–Kier alpha value is -1.42. The molecule has 3 rings (SSSR count). The molecule has 0 aliphatic heterocycles. The van der Waals surface area contributed by atoms with Crippen LogP contribution in [0.5, 0.6) is 17.2 Å². The normalized spacial score (nSPS) is 18.0. The molecule has 7 N–H and O–H groups in total. The molecule has 0 bridgehead atoms. The summed E-state index contributed by atoms with van der Waals surface area (Å²) in [6.45, 7) is 10.7. The first-order valence-electron chi connectivity index (χ1n) is 12.5. The van der Waals surface area contributed by atoms with E-state index in [4.69, 9.17) is 16.2 Å². The lowest BCUT2D eigenvalue weighted by molar-refractivity contribution is 0.0733. The molecular formula is C27H46N2O4P2. The van der Waals surface area contributed by atoms with Gasteiger partial charge in [0, 0.05) is 11.7 Å². The first-order valence-corrected chi connectivity index (χ1v) is 14.7. The average Bonchev–Trinajstić information content (AvgIpc) is 2.84. The van der Waals surface area contributed by atoms with E-state index in [0.29, 0.717) is 29.8 Å². The van der Waals surface area contributed by atoms with Gasteiger partial charge in [0.25, 0.3) is 0 Å². The first kappa shape index (κ1) is 31.6. The van der Waals surface area contributed by atoms with Crippen molar-refractivity contribution < 1.29 is 20.1 Å². The molecule has 0 spiro atoms. The summed E-state index contributed by atoms with van der Waals surface area (Å²) in [6, 6.07) is 11.0. The van der Waals surface area contributed by atoms with Crippen molar-refractivity contribution in [1.29, 1.82) is 0 Å². The Labute approximate surface area is 215 Å². The van der Waals surface area contributed by atoms with Crippen LogP contribution in [0.2, 0.25) is 0 Å². The van der Waals surface area contributed by atoms with Crippen LogP contribution in [0, 0.1) is 0 Å². The zero-order valence-corrected chi connectivity index (χ0v) is 24.1. The van der Waals surface area contributed by atoms with Crippen LogP contribution in [0.4, 0.5) is 0 Å². The van der Waals surface area contributed by atoms with Crippen molar-refractivity contribution in [1.82, 2.24) is 0 Å². The summed E-state index contributed by atoms with van der Waals surface area (Å²) in [5.41, 5.74) is 15.2. The summed E-state index contributed by atoms with van der Waals surface area (Å²) in [5.74, 6) is -0.607. The summed E-state index contributed by atoms with van der Waals surface area (Å²) >= 11 is 0. The van der Waals surface area contributed by atoms with Crippen molar-refractivity contribution in [3.63, 3.8) is 0 Å². The van der Waals surface area contributed by atoms with E-state index in [-0.39, 0.29) is 17.6 Å². The lowest BCUT2D eigenvalue weighted by atomic mass is 9.83. The minimum absolute atomic E-state index is 0.158. The van der Waals surface area contributed by atoms with Crippen LogP contribution in [0.25, 0.3) is 0 Å². The highest BCUT2D eigenvalue weighted by atomic mass is 31.1. The third-order valence-corrected chi connectivity index (χ3v) is 7.80. The Kier molecular flexibility index (Phi) is 14.1. The van der Waals surface area contributed by atoms with Gasteiger partial charge in [-0.15, -0.1) is 17.8 Å². The van der Waals surface area contributed by atoms with Gasteiger partial charge in [-0.25, -0.2) is 0 Å². The second-order valence-corrected chi connectivity index (χ2v) is 11.4. The molecule has 2 aromatic carbocycles. The molecule has 1 fully saturated rings. The quantitative estimate of drug-likeness (QED) is 0.199. The zero-order chi connectivity index (χ0) is 26.6. The smallest absolute Gasteiger partial charge is 0.213 e. The number of rotatable bonds is 7. The lowest BCUT2D eigenvalue weighted by Crippen LogP contribution is -2.55. The van der Waals surface area contributed by atoms with Crippen molar-refractivity contribution in [3.05, 3.63) is 47.5 Å². The molecule has 35 heavy (non-hydrogen) atoms. The van der Waals surface area contributed by atoms with Gasteiger partial charge in [-0.05, 0) is 79.7 Å².